The van der Waals surface area contributed by atoms with Gasteiger partial charge in [-0.3, -0.25) is 0 Å². The van der Waals surface area contributed by atoms with Crippen molar-refractivity contribution < 1.29 is 0 Å². The molecule has 6 aromatic carbocycles. The second-order valence-electron chi connectivity index (χ2n) is 20.4. The quantitative estimate of drug-likeness (QED) is 0.155. The standard InChI is InChI=1S/C52H58BN3Si2/c1-35-15-13-16-39(31-35)55-46-32-36(2)19-28-44(46)53-45-18-14-17-43-50(45)56(52(4)30-12-11-29-51(43,52)3)48-34-40(33-47(55)49(48)53)54(37-20-24-41(25-21-37)57(5,6)7)38-22-26-42(27-23-38)58(8,9)10/h13-28,31-34H,11-12,29-30H2,1-10H3. The first-order valence-electron chi connectivity index (χ1n) is 21.7. The van der Waals surface area contributed by atoms with Crippen LogP contribution in [0.3, 0.4) is 0 Å². The van der Waals surface area contributed by atoms with Crippen molar-refractivity contribution in [3.8, 4) is 0 Å². The van der Waals surface area contributed by atoms with Crippen LogP contribution in [0.2, 0.25) is 39.3 Å². The fraction of sp³-hybridized carbons (Fsp3) is 0.308. The van der Waals surface area contributed by atoms with Gasteiger partial charge >= 0.3 is 0 Å². The summed E-state index contributed by atoms with van der Waals surface area (Å²) in [6.45, 7) is 24.5. The Morgan fingerprint density at radius 2 is 1.17 bits per heavy atom. The number of rotatable bonds is 6. The zero-order chi connectivity index (χ0) is 40.5. The maximum absolute atomic E-state index is 2.87. The third kappa shape index (κ3) is 5.43. The summed E-state index contributed by atoms with van der Waals surface area (Å²) < 4.78 is 0. The number of nitrogens with zero attached hydrogens (tertiary/aromatic N) is 3. The molecule has 4 aliphatic rings. The predicted octanol–water partition coefficient (Wildman–Crippen LogP) is 11.2. The van der Waals surface area contributed by atoms with Crippen molar-refractivity contribution in [3.63, 3.8) is 0 Å². The molecule has 0 aromatic heterocycles. The van der Waals surface area contributed by atoms with Gasteiger partial charge < -0.3 is 14.7 Å². The topological polar surface area (TPSA) is 9.72 Å². The number of benzene rings is 6. The summed E-state index contributed by atoms with van der Waals surface area (Å²) in [5, 5.41) is 2.97. The second-order valence-corrected chi connectivity index (χ2v) is 30.5. The van der Waals surface area contributed by atoms with Crippen LogP contribution >= 0.6 is 0 Å². The number of hydrogen-bond donors (Lipinski definition) is 0. The van der Waals surface area contributed by atoms with Gasteiger partial charge in [0.05, 0.1) is 27.4 Å². The van der Waals surface area contributed by atoms with E-state index in [-0.39, 0.29) is 17.7 Å². The molecule has 0 bridgehead atoms. The number of fused-ring (bicyclic) bond motifs is 7. The van der Waals surface area contributed by atoms with Crippen molar-refractivity contribution in [1.29, 1.82) is 0 Å². The smallest absolute Gasteiger partial charge is 0.252 e. The molecule has 0 N–H and O–H groups in total. The molecule has 3 heterocycles. The van der Waals surface area contributed by atoms with E-state index in [0.29, 0.717) is 0 Å². The molecule has 3 nitrogen and oxygen atoms in total. The van der Waals surface area contributed by atoms with Gasteiger partial charge in [0.2, 0.25) is 0 Å². The van der Waals surface area contributed by atoms with Crippen LogP contribution in [0.1, 0.15) is 56.2 Å². The molecule has 2 unspecified atom stereocenters. The highest BCUT2D eigenvalue weighted by molar-refractivity contribution is 7.00. The highest BCUT2D eigenvalue weighted by Crippen LogP contribution is 2.62. The van der Waals surface area contributed by atoms with Gasteiger partial charge in [0.15, 0.2) is 0 Å². The van der Waals surface area contributed by atoms with E-state index in [1.165, 1.54) is 109 Å². The van der Waals surface area contributed by atoms with Crippen LogP contribution in [0.15, 0.2) is 121 Å². The van der Waals surface area contributed by atoms with Crippen molar-refractivity contribution in [2.75, 3.05) is 14.7 Å². The molecule has 292 valence electrons. The van der Waals surface area contributed by atoms with Crippen molar-refractivity contribution >= 4 is 95.1 Å². The van der Waals surface area contributed by atoms with Crippen LogP contribution in [0.25, 0.3) is 0 Å². The van der Waals surface area contributed by atoms with Crippen LogP contribution in [0.5, 0.6) is 0 Å². The maximum Gasteiger partial charge on any atom is 0.252 e. The van der Waals surface area contributed by atoms with Gasteiger partial charge in [-0.15, -0.1) is 0 Å². The normalized spacial score (nSPS) is 20.3. The van der Waals surface area contributed by atoms with Crippen molar-refractivity contribution in [1.82, 2.24) is 0 Å². The minimum Gasteiger partial charge on any atom is -0.335 e. The van der Waals surface area contributed by atoms with Crippen molar-refractivity contribution in [3.05, 3.63) is 138 Å². The van der Waals surface area contributed by atoms with Crippen molar-refractivity contribution in [2.24, 2.45) is 0 Å². The molecule has 1 fully saturated rings. The minimum absolute atomic E-state index is 0.0500. The fourth-order valence-corrected chi connectivity index (χ4v) is 13.5. The molecule has 0 saturated heterocycles. The monoisotopic (exact) mass is 791 g/mol. The second kappa shape index (κ2) is 12.9. The minimum atomic E-state index is -1.50. The Morgan fingerprint density at radius 1 is 0.569 bits per heavy atom. The Kier molecular flexibility index (Phi) is 8.31. The summed E-state index contributed by atoms with van der Waals surface area (Å²) in [4.78, 5) is 8.01. The SMILES string of the molecule is Cc1cccc(N2c3cc(C)ccc3B3c4cccc5c4N(c4cc(N(c6ccc([Si](C)(C)C)cc6)c6ccc([Si](C)(C)C)cc6)cc2c43)C2(C)CCCCC52C)c1. The summed E-state index contributed by atoms with van der Waals surface area (Å²) in [5.74, 6) is 0. The van der Waals surface area contributed by atoms with Crippen LogP contribution in [0.4, 0.5) is 45.5 Å². The van der Waals surface area contributed by atoms with Gasteiger partial charge in [0, 0.05) is 45.2 Å². The lowest BCUT2D eigenvalue weighted by molar-refractivity contribution is 0.195. The summed E-state index contributed by atoms with van der Waals surface area (Å²) in [6.07, 6.45) is 4.93. The fourth-order valence-electron chi connectivity index (χ4n) is 11.2. The Labute approximate surface area is 349 Å². The highest BCUT2D eigenvalue weighted by Gasteiger charge is 2.61. The Hall–Kier alpha value is -4.78. The summed E-state index contributed by atoms with van der Waals surface area (Å²) in [5.41, 5.74) is 18.6. The molecule has 1 aliphatic carbocycles. The molecule has 6 aromatic rings. The molecular weight excluding hydrogens is 734 g/mol. The number of aryl methyl sites for hydroxylation is 2. The largest absolute Gasteiger partial charge is 0.335 e. The molecular formula is C52H58BN3Si2. The summed E-state index contributed by atoms with van der Waals surface area (Å²) in [6, 6.07) is 47.9. The first-order valence-corrected chi connectivity index (χ1v) is 28.7. The van der Waals surface area contributed by atoms with E-state index in [0.717, 1.165) is 0 Å². The van der Waals surface area contributed by atoms with E-state index in [1.54, 1.807) is 5.56 Å². The average molecular weight is 792 g/mol. The maximum atomic E-state index is 2.87. The van der Waals surface area contributed by atoms with Gasteiger partial charge in [0.25, 0.3) is 6.71 Å². The molecule has 10 rings (SSSR count). The molecule has 2 atom stereocenters. The third-order valence-electron chi connectivity index (χ3n) is 14.6. The molecule has 0 amide bonds. The molecule has 6 heteroatoms. The Balaban J connectivity index is 1.31. The van der Waals surface area contributed by atoms with Gasteiger partial charge in [-0.2, -0.15) is 0 Å². The third-order valence-corrected chi connectivity index (χ3v) is 18.7. The van der Waals surface area contributed by atoms with Crippen LogP contribution in [-0.2, 0) is 5.41 Å². The summed E-state index contributed by atoms with van der Waals surface area (Å²) in [7, 11) is -3.01. The molecule has 0 spiro atoms. The highest BCUT2D eigenvalue weighted by atomic mass is 28.3. The lowest BCUT2D eigenvalue weighted by Crippen LogP contribution is -2.64. The molecule has 1 saturated carbocycles. The van der Waals surface area contributed by atoms with Gasteiger partial charge in [0.1, 0.15) is 0 Å². The van der Waals surface area contributed by atoms with E-state index >= 15 is 0 Å². The van der Waals surface area contributed by atoms with Gasteiger partial charge in [-0.05, 0) is 121 Å². The molecule has 0 radical (unpaired) electrons. The number of anilines is 8. The van der Waals surface area contributed by atoms with E-state index in [1.807, 2.05) is 0 Å². The van der Waals surface area contributed by atoms with E-state index in [9.17, 15) is 0 Å². The van der Waals surface area contributed by atoms with Crippen LogP contribution in [-0.4, -0.2) is 28.4 Å². The van der Waals surface area contributed by atoms with Crippen molar-refractivity contribution in [2.45, 2.75) is 104 Å². The van der Waals surface area contributed by atoms with Crippen LogP contribution in [0, 0.1) is 13.8 Å². The zero-order valence-corrected chi connectivity index (χ0v) is 38.3. The van der Waals surface area contributed by atoms with E-state index < -0.39 is 16.1 Å². The van der Waals surface area contributed by atoms with Gasteiger partial charge in [-0.25, -0.2) is 0 Å². The lowest BCUT2D eigenvalue weighted by atomic mass is 9.33. The predicted molar refractivity (Wildman–Crippen MR) is 259 cm³/mol. The molecule has 58 heavy (non-hydrogen) atoms. The first-order chi connectivity index (χ1) is 27.6. The van der Waals surface area contributed by atoms with Crippen LogP contribution < -0.4 is 41.5 Å². The first kappa shape index (κ1) is 37.5. The number of para-hydroxylation sites is 1. The Bertz CT molecular complexity index is 2560. The lowest BCUT2D eigenvalue weighted by Gasteiger charge is -2.53. The number of hydrogen-bond acceptors (Lipinski definition) is 3. The molecule has 3 aliphatic heterocycles. The van der Waals surface area contributed by atoms with Gasteiger partial charge in [-0.1, -0.05) is 136 Å². The average Bonchev–Trinajstić information content (AvgIpc) is 3.40. The Morgan fingerprint density at radius 3 is 1.81 bits per heavy atom. The zero-order valence-electron chi connectivity index (χ0n) is 36.3. The van der Waals surface area contributed by atoms with E-state index in [2.05, 4.69) is 203 Å². The summed E-state index contributed by atoms with van der Waals surface area (Å²) >= 11 is 0. The van der Waals surface area contributed by atoms with E-state index in [4.69, 9.17) is 0 Å².